The average Bonchev–Trinajstić information content (AvgIpc) is 3.62. The Bertz CT molecular complexity index is 1210. The van der Waals surface area contributed by atoms with E-state index in [2.05, 4.69) is 24.8 Å². The van der Waals surface area contributed by atoms with Crippen LogP contribution < -0.4 is 4.90 Å². The topological polar surface area (TPSA) is 106 Å². The zero-order valence-corrected chi connectivity index (χ0v) is 29.4. The molecular formula is C36H55NO7S. The van der Waals surface area contributed by atoms with Crippen LogP contribution in [0.25, 0.3) is 0 Å². The van der Waals surface area contributed by atoms with Crippen LogP contribution in [0.1, 0.15) is 121 Å². The lowest BCUT2D eigenvalue weighted by Crippen LogP contribution is -2.50. The Balaban J connectivity index is 0.000000707. The van der Waals surface area contributed by atoms with Gasteiger partial charge in [0.2, 0.25) is 5.91 Å². The highest BCUT2D eigenvalue weighted by molar-refractivity contribution is 7.15. The van der Waals surface area contributed by atoms with Gasteiger partial charge in [-0.1, -0.05) is 23.5 Å². The van der Waals surface area contributed by atoms with Crippen molar-refractivity contribution in [1.29, 1.82) is 0 Å². The van der Waals surface area contributed by atoms with E-state index in [0.29, 0.717) is 68.1 Å². The van der Waals surface area contributed by atoms with Crippen LogP contribution in [0.2, 0.25) is 0 Å². The lowest BCUT2D eigenvalue weighted by Gasteiger charge is -2.42. The first-order valence-electron chi connectivity index (χ1n) is 16.5. The molecule has 0 spiro atoms. The smallest absolute Gasteiger partial charge is 0.348 e. The van der Waals surface area contributed by atoms with Gasteiger partial charge in [0.05, 0.1) is 47.7 Å². The van der Waals surface area contributed by atoms with Crippen LogP contribution in [0.3, 0.4) is 0 Å². The molecule has 2 N–H and O–H groups in total. The zero-order valence-electron chi connectivity index (χ0n) is 28.6. The molecule has 2 heterocycles. The van der Waals surface area contributed by atoms with Crippen molar-refractivity contribution in [3.05, 3.63) is 27.5 Å². The predicted molar refractivity (Wildman–Crippen MR) is 180 cm³/mol. The van der Waals surface area contributed by atoms with E-state index in [1.54, 1.807) is 11.0 Å². The van der Waals surface area contributed by atoms with E-state index in [0.717, 1.165) is 30.6 Å². The summed E-state index contributed by atoms with van der Waals surface area (Å²) in [4.78, 5) is 28.9. The molecular weight excluding hydrogens is 590 g/mol. The van der Waals surface area contributed by atoms with Crippen molar-refractivity contribution in [3.8, 4) is 11.8 Å². The molecule has 0 aromatic carbocycles. The molecule has 1 saturated carbocycles. The van der Waals surface area contributed by atoms with Gasteiger partial charge in [0.25, 0.3) is 0 Å². The van der Waals surface area contributed by atoms with E-state index < -0.39 is 11.6 Å². The largest absolute Gasteiger partial charge is 0.477 e. The standard InChI is InChI=1S/C30H41NO6S.C6H14O/c1-20-5-7-21(8-6-20)27(32)31(25-17-24(11-13-29(2,3)4)38-26(25)28(33)34)22-9-14-30(35,15-10-22)19-37-23-12-16-36-18-23;1-5(2)7-6(3)4/h5,17,21-23,35H,6-10,12,14-16,18-19H2,1-4H3,(H,33,34);5-6H,1-4H3/t21-,22?,23-,30?;/m0./s1. The molecule has 0 unspecified atom stereocenters. The third kappa shape index (κ3) is 11.8. The fraction of sp³-hybridized carbons (Fsp3) is 0.722. The highest BCUT2D eigenvalue weighted by atomic mass is 32.1. The average molecular weight is 646 g/mol. The van der Waals surface area contributed by atoms with Crippen molar-refractivity contribution in [2.45, 2.75) is 137 Å². The van der Waals surface area contributed by atoms with Gasteiger partial charge in [-0.05, 0) is 113 Å². The molecule has 1 aliphatic heterocycles. The molecule has 1 amide bonds. The minimum absolute atomic E-state index is 0.0224. The van der Waals surface area contributed by atoms with E-state index >= 15 is 0 Å². The molecule has 0 bridgehead atoms. The lowest BCUT2D eigenvalue weighted by atomic mass is 9.81. The minimum atomic E-state index is -1.05. The monoisotopic (exact) mass is 645 g/mol. The number of allylic oxidation sites excluding steroid dienone is 2. The third-order valence-corrected chi connectivity index (χ3v) is 9.25. The Morgan fingerprint density at radius 1 is 1.13 bits per heavy atom. The maximum atomic E-state index is 14.0. The number of carbonyl (C=O) groups is 2. The summed E-state index contributed by atoms with van der Waals surface area (Å²) in [5, 5.41) is 21.3. The van der Waals surface area contributed by atoms with Gasteiger partial charge in [0.1, 0.15) is 4.88 Å². The first-order valence-corrected chi connectivity index (χ1v) is 17.3. The first-order chi connectivity index (χ1) is 21.1. The number of carbonyl (C=O) groups excluding carboxylic acids is 1. The summed E-state index contributed by atoms with van der Waals surface area (Å²) in [6, 6.07) is 1.58. The van der Waals surface area contributed by atoms with Crippen molar-refractivity contribution >= 4 is 28.9 Å². The third-order valence-electron chi connectivity index (χ3n) is 8.22. The molecule has 3 aliphatic rings. The van der Waals surface area contributed by atoms with E-state index in [1.165, 1.54) is 5.57 Å². The summed E-state index contributed by atoms with van der Waals surface area (Å²) in [5.41, 5.74) is 0.548. The van der Waals surface area contributed by atoms with Gasteiger partial charge in [0.15, 0.2) is 0 Å². The number of hydrogen-bond donors (Lipinski definition) is 2. The highest BCUT2D eigenvalue weighted by Gasteiger charge is 2.41. The normalized spacial score (nSPS) is 25.2. The van der Waals surface area contributed by atoms with Gasteiger partial charge in [-0.15, -0.1) is 11.3 Å². The molecule has 45 heavy (non-hydrogen) atoms. The number of thiophene rings is 1. The summed E-state index contributed by atoms with van der Waals surface area (Å²) >= 11 is 1.13. The number of anilines is 1. The summed E-state index contributed by atoms with van der Waals surface area (Å²) in [6.45, 7) is 17.8. The zero-order chi connectivity index (χ0) is 33.4. The number of ether oxygens (including phenoxy) is 3. The molecule has 1 aromatic rings. The van der Waals surface area contributed by atoms with Crippen LogP contribution in [-0.2, 0) is 19.0 Å². The number of aromatic carboxylic acids is 1. The molecule has 4 rings (SSSR count). The van der Waals surface area contributed by atoms with Crippen LogP contribution in [0.15, 0.2) is 17.7 Å². The predicted octanol–water partition coefficient (Wildman–Crippen LogP) is 7.22. The number of nitrogens with zero attached hydrogens (tertiary/aromatic N) is 1. The van der Waals surface area contributed by atoms with Crippen molar-refractivity contribution in [2.24, 2.45) is 11.3 Å². The number of hydrogen-bond acceptors (Lipinski definition) is 7. The quantitative estimate of drug-likeness (QED) is 0.216. The molecule has 0 radical (unpaired) electrons. The van der Waals surface area contributed by atoms with Gasteiger partial charge >= 0.3 is 5.97 Å². The number of carboxylic acid groups (broad SMARTS) is 1. The van der Waals surface area contributed by atoms with E-state index in [1.807, 2.05) is 48.5 Å². The summed E-state index contributed by atoms with van der Waals surface area (Å²) in [5.74, 6) is 5.05. The van der Waals surface area contributed by atoms with Crippen LogP contribution in [0, 0.1) is 23.2 Å². The van der Waals surface area contributed by atoms with Crippen LogP contribution in [-0.4, -0.2) is 71.9 Å². The molecule has 2 atom stereocenters. The second-order valence-electron chi connectivity index (χ2n) is 14.3. The fourth-order valence-electron chi connectivity index (χ4n) is 5.91. The SMILES string of the molecule is CC(C)OC(C)C.CC1=CC[C@H](C(=O)N(c2cc(C#CC(C)(C)C)sc2C(=O)O)C2CCC(O)(CO[C@H]3CCOC3)CC2)CC1. The highest BCUT2D eigenvalue weighted by Crippen LogP contribution is 2.40. The van der Waals surface area contributed by atoms with Crippen LogP contribution in [0.5, 0.6) is 0 Å². The van der Waals surface area contributed by atoms with Gasteiger partial charge in [-0.25, -0.2) is 4.79 Å². The van der Waals surface area contributed by atoms with Crippen LogP contribution >= 0.6 is 11.3 Å². The summed E-state index contributed by atoms with van der Waals surface area (Å²) in [6.07, 6.45) is 8.16. The number of aliphatic hydroxyl groups is 1. The Labute approximate surface area is 274 Å². The molecule has 1 saturated heterocycles. The van der Waals surface area contributed by atoms with Crippen molar-refractivity contribution in [1.82, 2.24) is 0 Å². The maximum Gasteiger partial charge on any atom is 0.348 e. The Hall–Kier alpha value is -2.22. The van der Waals surface area contributed by atoms with Gasteiger partial charge in [0, 0.05) is 24.0 Å². The van der Waals surface area contributed by atoms with Gasteiger partial charge in [-0.2, -0.15) is 0 Å². The molecule has 2 fully saturated rings. The molecule has 1 aromatic heterocycles. The van der Waals surface area contributed by atoms with Crippen molar-refractivity contribution in [3.63, 3.8) is 0 Å². The molecule has 8 nitrogen and oxygen atoms in total. The van der Waals surface area contributed by atoms with E-state index in [9.17, 15) is 19.8 Å². The van der Waals surface area contributed by atoms with Gasteiger partial charge in [-0.3, -0.25) is 4.79 Å². The molecule has 2 aliphatic carbocycles. The van der Waals surface area contributed by atoms with E-state index in [4.69, 9.17) is 14.2 Å². The lowest BCUT2D eigenvalue weighted by molar-refractivity contribution is -0.124. The first kappa shape index (κ1) is 37.2. The second-order valence-corrected chi connectivity index (χ2v) is 15.4. The fourth-order valence-corrected chi connectivity index (χ4v) is 6.75. The summed E-state index contributed by atoms with van der Waals surface area (Å²) in [7, 11) is 0. The molecule has 252 valence electrons. The number of carboxylic acids is 1. The summed E-state index contributed by atoms with van der Waals surface area (Å²) < 4.78 is 16.6. The van der Waals surface area contributed by atoms with E-state index in [-0.39, 0.29) is 40.9 Å². The Morgan fingerprint density at radius 3 is 2.29 bits per heavy atom. The maximum absolute atomic E-state index is 14.0. The molecule has 9 heteroatoms. The second kappa shape index (κ2) is 16.6. The Kier molecular flexibility index (Phi) is 13.7. The van der Waals surface area contributed by atoms with Crippen molar-refractivity contribution in [2.75, 3.05) is 24.7 Å². The van der Waals surface area contributed by atoms with Crippen LogP contribution in [0.4, 0.5) is 5.69 Å². The minimum Gasteiger partial charge on any atom is -0.477 e. The Morgan fingerprint density at radius 2 is 1.80 bits per heavy atom. The number of rotatable bonds is 9. The number of amides is 1. The van der Waals surface area contributed by atoms with Gasteiger partial charge < -0.3 is 29.3 Å². The van der Waals surface area contributed by atoms with Crippen molar-refractivity contribution < 1.29 is 34.0 Å².